The Bertz CT molecular complexity index is 533. The Morgan fingerprint density at radius 1 is 0.950 bits per heavy atom. The number of hydrogen-bond donors (Lipinski definition) is 1. The van der Waals surface area contributed by atoms with Crippen molar-refractivity contribution < 1.29 is 17.9 Å². The van der Waals surface area contributed by atoms with Crippen LogP contribution in [0.1, 0.15) is 32.1 Å². The molecular weight excluding hydrogens is 267 g/mol. The number of H-pyrrole nitrogens is 1. The minimum atomic E-state index is -4.03. The zero-order chi connectivity index (χ0) is 14.4. The SMILES string of the molecule is FC(F)(F)CCCCCCOc1ccc2c[nH]cc2c1. The summed E-state index contributed by atoms with van der Waals surface area (Å²) in [7, 11) is 0. The maximum atomic E-state index is 11.9. The van der Waals surface area contributed by atoms with E-state index in [-0.39, 0.29) is 6.42 Å². The minimum absolute atomic E-state index is 0.207. The molecule has 1 N–H and O–H groups in total. The second-order valence-electron chi connectivity index (χ2n) is 4.87. The van der Waals surface area contributed by atoms with Crippen molar-refractivity contribution in [2.45, 2.75) is 38.3 Å². The highest BCUT2D eigenvalue weighted by molar-refractivity contribution is 5.83. The summed E-state index contributed by atoms with van der Waals surface area (Å²) in [6.07, 6.45) is 1.46. The highest BCUT2D eigenvalue weighted by atomic mass is 19.4. The van der Waals surface area contributed by atoms with Crippen molar-refractivity contribution in [3.63, 3.8) is 0 Å². The highest BCUT2D eigenvalue weighted by Gasteiger charge is 2.25. The van der Waals surface area contributed by atoms with Crippen LogP contribution in [0, 0.1) is 0 Å². The van der Waals surface area contributed by atoms with Crippen LogP contribution >= 0.6 is 0 Å². The summed E-state index contributed by atoms with van der Waals surface area (Å²) >= 11 is 0. The van der Waals surface area contributed by atoms with Crippen molar-refractivity contribution in [2.75, 3.05) is 6.61 Å². The maximum Gasteiger partial charge on any atom is 0.389 e. The van der Waals surface area contributed by atoms with Gasteiger partial charge in [-0.2, -0.15) is 13.2 Å². The molecule has 0 bridgehead atoms. The van der Waals surface area contributed by atoms with Gasteiger partial charge in [0.25, 0.3) is 0 Å². The average Bonchev–Trinajstić information content (AvgIpc) is 2.83. The fraction of sp³-hybridized carbons (Fsp3) is 0.467. The average molecular weight is 285 g/mol. The quantitative estimate of drug-likeness (QED) is 0.707. The van der Waals surface area contributed by atoms with Crippen LogP contribution in [-0.2, 0) is 0 Å². The van der Waals surface area contributed by atoms with E-state index in [2.05, 4.69) is 4.98 Å². The van der Waals surface area contributed by atoms with Gasteiger partial charge in [-0.05, 0) is 36.4 Å². The van der Waals surface area contributed by atoms with Gasteiger partial charge in [0, 0.05) is 24.2 Å². The molecule has 0 amide bonds. The third kappa shape index (κ3) is 4.79. The van der Waals surface area contributed by atoms with Crippen molar-refractivity contribution >= 4 is 10.8 Å². The monoisotopic (exact) mass is 285 g/mol. The molecule has 0 fully saturated rings. The molecule has 1 aromatic heterocycles. The van der Waals surface area contributed by atoms with Crippen molar-refractivity contribution in [3.05, 3.63) is 30.6 Å². The number of nitrogens with one attached hydrogen (secondary N) is 1. The van der Waals surface area contributed by atoms with Gasteiger partial charge in [0.2, 0.25) is 0 Å². The van der Waals surface area contributed by atoms with Crippen molar-refractivity contribution in [3.8, 4) is 5.75 Å². The highest BCUT2D eigenvalue weighted by Crippen LogP contribution is 2.23. The van der Waals surface area contributed by atoms with Crippen molar-refractivity contribution in [1.82, 2.24) is 4.98 Å². The summed E-state index contributed by atoms with van der Waals surface area (Å²) in [6, 6.07) is 5.83. The zero-order valence-corrected chi connectivity index (χ0v) is 11.2. The summed E-state index contributed by atoms with van der Waals surface area (Å²) in [5, 5.41) is 2.22. The van der Waals surface area contributed by atoms with Gasteiger partial charge in [0.1, 0.15) is 5.75 Å². The van der Waals surface area contributed by atoms with E-state index < -0.39 is 12.6 Å². The molecule has 0 aliphatic rings. The second kappa shape index (κ2) is 6.68. The minimum Gasteiger partial charge on any atom is -0.494 e. The summed E-state index contributed by atoms with van der Waals surface area (Å²) in [6.45, 7) is 0.544. The molecule has 0 unspecified atom stereocenters. The van der Waals surface area contributed by atoms with E-state index in [1.54, 1.807) is 0 Å². The number of fused-ring (bicyclic) bond motifs is 1. The maximum absolute atomic E-state index is 11.9. The van der Waals surface area contributed by atoms with E-state index in [1.807, 2.05) is 30.6 Å². The van der Waals surface area contributed by atoms with Crippen molar-refractivity contribution in [1.29, 1.82) is 0 Å². The lowest BCUT2D eigenvalue weighted by molar-refractivity contribution is -0.135. The summed E-state index contributed by atoms with van der Waals surface area (Å²) < 4.78 is 41.4. The van der Waals surface area contributed by atoms with Gasteiger partial charge in [-0.3, -0.25) is 0 Å². The van der Waals surface area contributed by atoms with Crippen LogP contribution in [-0.4, -0.2) is 17.8 Å². The van der Waals surface area contributed by atoms with Crippen LogP contribution in [0.25, 0.3) is 10.8 Å². The molecule has 0 aliphatic carbocycles. The largest absolute Gasteiger partial charge is 0.494 e. The van der Waals surface area contributed by atoms with Crippen molar-refractivity contribution in [2.24, 2.45) is 0 Å². The van der Waals surface area contributed by atoms with E-state index in [0.29, 0.717) is 13.0 Å². The molecule has 0 aliphatic heterocycles. The van der Waals surface area contributed by atoms with E-state index in [9.17, 15) is 13.2 Å². The summed E-state index contributed by atoms with van der Waals surface area (Å²) in [4.78, 5) is 3.02. The number of rotatable bonds is 7. The van der Waals surface area contributed by atoms with Gasteiger partial charge in [-0.15, -0.1) is 0 Å². The van der Waals surface area contributed by atoms with Crippen LogP contribution in [0.15, 0.2) is 30.6 Å². The van der Waals surface area contributed by atoms with Crippen LogP contribution in [0.3, 0.4) is 0 Å². The number of unbranched alkanes of at least 4 members (excludes halogenated alkanes) is 3. The normalized spacial score (nSPS) is 11.9. The molecule has 1 heterocycles. The topological polar surface area (TPSA) is 25.0 Å². The number of benzene rings is 1. The van der Waals surface area contributed by atoms with Gasteiger partial charge < -0.3 is 9.72 Å². The first-order chi connectivity index (χ1) is 9.54. The molecule has 110 valence electrons. The van der Waals surface area contributed by atoms with Gasteiger partial charge >= 0.3 is 6.18 Å². The Hall–Kier alpha value is -1.65. The van der Waals surface area contributed by atoms with Crippen LogP contribution < -0.4 is 4.74 Å². The van der Waals surface area contributed by atoms with E-state index >= 15 is 0 Å². The predicted molar refractivity (Wildman–Crippen MR) is 72.9 cm³/mol. The smallest absolute Gasteiger partial charge is 0.389 e. The Labute approximate surface area is 115 Å². The first-order valence-corrected chi connectivity index (χ1v) is 6.81. The molecule has 0 radical (unpaired) electrons. The third-order valence-electron chi connectivity index (χ3n) is 3.16. The van der Waals surface area contributed by atoms with E-state index in [0.717, 1.165) is 29.4 Å². The lowest BCUT2D eigenvalue weighted by Gasteiger charge is -2.07. The second-order valence-corrected chi connectivity index (χ2v) is 4.87. The number of halogens is 3. The number of ether oxygens (including phenoxy) is 1. The van der Waals surface area contributed by atoms with Crippen LogP contribution in [0.5, 0.6) is 5.75 Å². The van der Waals surface area contributed by atoms with E-state index in [1.165, 1.54) is 0 Å². The lowest BCUT2D eigenvalue weighted by atomic mass is 10.1. The van der Waals surface area contributed by atoms with Gasteiger partial charge in [0.15, 0.2) is 0 Å². The summed E-state index contributed by atoms with van der Waals surface area (Å²) in [5.74, 6) is 0.799. The number of aromatic amines is 1. The molecule has 0 atom stereocenters. The van der Waals surface area contributed by atoms with Crippen LogP contribution in [0.2, 0.25) is 0 Å². The molecular formula is C15H18F3NO. The lowest BCUT2D eigenvalue weighted by Crippen LogP contribution is -2.06. The first kappa shape index (κ1) is 14.8. The Morgan fingerprint density at radius 2 is 1.70 bits per heavy atom. The fourth-order valence-electron chi connectivity index (χ4n) is 2.09. The molecule has 0 saturated carbocycles. The summed E-state index contributed by atoms with van der Waals surface area (Å²) in [5.41, 5.74) is 0. The van der Waals surface area contributed by atoms with E-state index in [4.69, 9.17) is 4.74 Å². The third-order valence-corrected chi connectivity index (χ3v) is 3.16. The molecule has 0 spiro atoms. The predicted octanol–water partition coefficient (Wildman–Crippen LogP) is 5.06. The van der Waals surface area contributed by atoms with Gasteiger partial charge in [-0.1, -0.05) is 12.8 Å². The first-order valence-electron chi connectivity index (χ1n) is 6.81. The standard InChI is InChI=1S/C15H18F3NO/c16-15(17,18)7-3-1-2-4-8-20-14-6-5-12-10-19-11-13(12)9-14/h5-6,9-11,19H,1-4,7-8H2. The Kier molecular flexibility index (Phi) is 4.93. The molecule has 0 saturated heterocycles. The molecule has 20 heavy (non-hydrogen) atoms. The Balaban J connectivity index is 1.61. The van der Waals surface area contributed by atoms with Gasteiger partial charge in [0.05, 0.1) is 6.61 Å². The zero-order valence-electron chi connectivity index (χ0n) is 11.2. The van der Waals surface area contributed by atoms with Crippen LogP contribution in [0.4, 0.5) is 13.2 Å². The molecule has 2 rings (SSSR count). The van der Waals surface area contributed by atoms with Gasteiger partial charge in [-0.25, -0.2) is 0 Å². The molecule has 5 heteroatoms. The number of alkyl halides is 3. The fourth-order valence-corrected chi connectivity index (χ4v) is 2.09. The number of aromatic nitrogens is 1. The molecule has 2 nitrogen and oxygen atoms in total. The molecule has 2 aromatic rings. The Morgan fingerprint density at radius 3 is 2.50 bits per heavy atom. The molecule has 1 aromatic carbocycles. The number of hydrogen-bond acceptors (Lipinski definition) is 1.